The zero-order chi connectivity index (χ0) is 15.7. The molecule has 1 aliphatic heterocycles. The second kappa shape index (κ2) is 9.05. The lowest BCUT2D eigenvalue weighted by Gasteiger charge is -2.31. The summed E-state index contributed by atoms with van der Waals surface area (Å²) in [7, 11) is 0. The van der Waals surface area contributed by atoms with Crippen molar-refractivity contribution in [1.82, 2.24) is 15.5 Å². The SMILES string of the molecule is C=CCN1CCC(NC(=O)NCCCC(C)(C)CO)CC1. The number of carbonyl (C=O) groups is 1. The fourth-order valence-electron chi connectivity index (χ4n) is 2.53. The van der Waals surface area contributed by atoms with Crippen LogP contribution in [0, 0.1) is 5.41 Å². The van der Waals surface area contributed by atoms with Gasteiger partial charge in [-0.2, -0.15) is 0 Å². The minimum absolute atomic E-state index is 0.0594. The Morgan fingerprint density at radius 3 is 2.67 bits per heavy atom. The number of likely N-dealkylation sites (tertiary alicyclic amines) is 1. The smallest absolute Gasteiger partial charge is 0.315 e. The van der Waals surface area contributed by atoms with Crippen LogP contribution in [-0.4, -0.2) is 54.9 Å². The molecule has 0 aromatic heterocycles. The van der Waals surface area contributed by atoms with Gasteiger partial charge >= 0.3 is 6.03 Å². The molecule has 0 bridgehead atoms. The highest BCUT2D eigenvalue weighted by Crippen LogP contribution is 2.20. The lowest BCUT2D eigenvalue weighted by molar-refractivity contribution is 0.148. The molecule has 5 nitrogen and oxygen atoms in total. The van der Waals surface area contributed by atoms with Gasteiger partial charge in [-0.05, 0) is 31.1 Å². The molecule has 3 N–H and O–H groups in total. The predicted molar refractivity (Wildman–Crippen MR) is 86.3 cm³/mol. The number of aliphatic hydroxyl groups excluding tert-OH is 1. The summed E-state index contributed by atoms with van der Waals surface area (Å²) in [4.78, 5) is 14.2. The molecule has 1 fully saturated rings. The Balaban J connectivity index is 2.10. The zero-order valence-corrected chi connectivity index (χ0v) is 13.5. The molecule has 122 valence electrons. The monoisotopic (exact) mass is 297 g/mol. The molecule has 0 saturated carbocycles. The molecule has 1 rings (SSSR count). The first kappa shape index (κ1) is 18.0. The van der Waals surface area contributed by atoms with Crippen molar-refractivity contribution in [1.29, 1.82) is 0 Å². The normalized spacial score (nSPS) is 17.5. The summed E-state index contributed by atoms with van der Waals surface area (Å²) in [5.41, 5.74) is -0.0594. The average Bonchev–Trinajstić information content (AvgIpc) is 2.46. The van der Waals surface area contributed by atoms with Crippen molar-refractivity contribution in [2.45, 2.75) is 45.6 Å². The number of urea groups is 1. The lowest BCUT2D eigenvalue weighted by atomic mass is 9.89. The van der Waals surface area contributed by atoms with E-state index in [4.69, 9.17) is 5.11 Å². The summed E-state index contributed by atoms with van der Waals surface area (Å²) in [6.07, 6.45) is 5.72. The first-order valence-electron chi connectivity index (χ1n) is 7.95. The van der Waals surface area contributed by atoms with E-state index in [9.17, 15) is 4.79 Å². The summed E-state index contributed by atoms with van der Waals surface area (Å²) in [6, 6.07) is 0.207. The molecule has 0 atom stereocenters. The third-order valence-electron chi connectivity index (χ3n) is 4.05. The number of amides is 2. The minimum Gasteiger partial charge on any atom is -0.396 e. The first-order valence-corrected chi connectivity index (χ1v) is 7.95. The van der Waals surface area contributed by atoms with Crippen LogP contribution in [0.1, 0.15) is 39.5 Å². The molecule has 0 radical (unpaired) electrons. The highest BCUT2D eigenvalue weighted by molar-refractivity contribution is 5.74. The van der Waals surface area contributed by atoms with Crippen LogP contribution in [-0.2, 0) is 0 Å². The van der Waals surface area contributed by atoms with Crippen molar-refractivity contribution in [3.8, 4) is 0 Å². The highest BCUT2D eigenvalue weighted by Gasteiger charge is 2.20. The molecule has 0 aromatic carbocycles. The van der Waals surface area contributed by atoms with E-state index in [0.717, 1.165) is 45.3 Å². The molecule has 0 spiro atoms. The third kappa shape index (κ3) is 7.48. The fraction of sp³-hybridized carbons (Fsp3) is 0.812. The van der Waals surface area contributed by atoms with E-state index in [0.29, 0.717) is 6.54 Å². The van der Waals surface area contributed by atoms with Gasteiger partial charge in [0.2, 0.25) is 0 Å². The Bertz CT molecular complexity index is 323. The molecule has 0 unspecified atom stereocenters. The van der Waals surface area contributed by atoms with Gasteiger partial charge in [0.1, 0.15) is 0 Å². The highest BCUT2D eigenvalue weighted by atomic mass is 16.3. The Labute approximate surface area is 128 Å². The predicted octanol–water partition coefficient (Wildman–Crippen LogP) is 1.73. The average molecular weight is 297 g/mol. The van der Waals surface area contributed by atoms with Gasteiger partial charge in [0, 0.05) is 38.8 Å². The summed E-state index contributed by atoms with van der Waals surface area (Å²) < 4.78 is 0. The van der Waals surface area contributed by atoms with Crippen LogP contribution in [0.5, 0.6) is 0 Å². The Kier molecular flexibility index (Phi) is 7.75. The number of hydrogen-bond acceptors (Lipinski definition) is 3. The molecular weight excluding hydrogens is 266 g/mol. The molecule has 0 aliphatic carbocycles. The van der Waals surface area contributed by atoms with E-state index in [1.807, 2.05) is 19.9 Å². The van der Waals surface area contributed by atoms with Crippen molar-refractivity contribution >= 4 is 6.03 Å². The van der Waals surface area contributed by atoms with Crippen molar-refractivity contribution in [2.24, 2.45) is 5.41 Å². The van der Waals surface area contributed by atoms with E-state index >= 15 is 0 Å². The lowest BCUT2D eigenvalue weighted by Crippen LogP contribution is -2.48. The van der Waals surface area contributed by atoms with Gasteiger partial charge in [-0.3, -0.25) is 4.90 Å². The molecule has 2 amide bonds. The molecular formula is C16H31N3O2. The third-order valence-corrected chi connectivity index (χ3v) is 4.05. The number of rotatable bonds is 8. The van der Waals surface area contributed by atoms with E-state index in [1.165, 1.54) is 0 Å². The fourth-order valence-corrected chi connectivity index (χ4v) is 2.53. The molecule has 1 aliphatic rings. The van der Waals surface area contributed by atoms with Crippen molar-refractivity contribution in [3.05, 3.63) is 12.7 Å². The van der Waals surface area contributed by atoms with E-state index in [1.54, 1.807) is 0 Å². The summed E-state index contributed by atoms with van der Waals surface area (Å²) >= 11 is 0. The van der Waals surface area contributed by atoms with Gasteiger partial charge in [0.05, 0.1) is 0 Å². The van der Waals surface area contributed by atoms with Gasteiger partial charge < -0.3 is 15.7 Å². The number of aliphatic hydroxyl groups is 1. The number of hydrogen-bond donors (Lipinski definition) is 3. The summed E-state index contributed by atoms with van der Waals surface area (Å²) in [5, 5.41) is 15.1. The molecule has 0 aromatic rings. The van der Waals surface area contributed by atoms with E-state index in [2.05, 4.69) is 22.1 Å². The summed E-state index contributed by atoms with van der Waals surface area (Å²) in [6.45, 7) is 11.6. The van der Waals surface area contributed by atoms with Crippen molar-refractivity contribution < 1.29 is 9.90 Å². The number of nitrogens with one attached hydrogen (secondary N) is 2. The van der Waals surface area contributed by atoms with Gasteiger partial charge in [-0.1, -0.05) is 19.9 Å². The van der Waals surface area contributed by atoms with Crippen LogP contribution in [0.3, 0.4) is 0 Å². The maximum absolute atomic E-state index is 11.8. The molecule has 1 saturated heterocycles. The topological polar surface area (TPSA) is 64.6 Å². The zero-order valence-electron chi connectivity index (χ0n) is 13.5. The Hall–Kier alpha value is -1.07. The molecule has 1 heterocycles. The van der Waals surface area contributed by atoms with Gasteiger partial charge in [0.25, 0.3) is 0 Å². The van der Waals surface area contributed by atoms with Crippen LogP contribution >= 0.6 is 0 Å². The second-order valence-electron chi connectivity index (χ2n) is 6.69. The quantitative estimate of drug-likeness (QED) is 0.472. The number of nitrogens with zero attached hydrogens (tertiary/aromatic N) is 1. The molecule has 21 heavy (non-hydrogen) atoms. The van der Waals surface area contributed by atoms with Crippen LogP contribution in [0.25, 0.3) is 0 Å². The maximum Gasteiger partial charge on any atom is 0.315 e. The van der Waals surface area contributed by atoms with Gasteiger partial charge in [-0.25, -0.2) is 4.79 Å². The minimum atomic E-state index is -0.0704. The molecule has 5 heteroatoms. The van der Waals surface area contributed by atoms with Gasteiger partial charge in [-0.15, -0.1) is 6.58 Å². The van der Waals surface area contributed by atoms with Crippen LogP contribution in [0.4, 0.5) is 4.79 Å². The first-order chi connectivity index (χ1) is 9.96. The van der Waals surface area contributed by atoms with Crippen LogP contribution < -0.4 is 10.6 Å². The van der Waals surface area contributed by atoms with Crippen LogP contribution in [0.2, 0.25) is 0 Å². The van der Waals surface area contributed by atoms with Crippen molar-refractivity contribution in [3.63, 3.8) is 0 Å². The second-order valence-corrected chi connectivity index (χ2v) is 6.69. The largest absolute Gasteiger partial charge is 0.396 e. The standard InChI is InChI=1S/C16H31N3O2/c1-4-10-19-11-6-14(7-12-19)18-15(21)17-9-5-8-16(2,3)13-20/h4,14,20H,1,5-13H2,2-3H3,(H2,17,18,21). The van der Waals surface area contributed by atoms with Gasteiger partial charge in [0.15, 0.2) is 0 Å². The summed E-state index contributed by atoms with van der Waals surface area (Å²) in [5.74, 6) is 0. The number of carbonyl (C=O) groups excluding carboxylic acids is 1. The number of piperidine rings is 1. The van der Waals surface area contributed by atoms with E-state index < -0.39 is 0 Å². The maximum atomic E-state index is 11.8. The Morgan fingerprint density at radius 2 is 2.10 bits per heavy atom. The van der Waals surface area contributed by atoms with E-state index in [-0.39, 0.29) is 24.1 Å². The Morgan fingerprint density at radius 1 is 1.43 bits per heavy atom. The van der Waals surface area contributed by atoms with Crippen LogP contribution in [0.15, 0.2) is 12.7 Å². The van der Waals surface area contributed by atoms with Crippen molar-refractivity contribution in [2.75, 3.05) is 32.8 Å².